The quantitative estimate of drug-likeness (QED) is 0.774. The highest BCUT2D eigenvalue weighted by Crippen LogP contribution is 2.06. The smallest absolute Gasteiger partial charge is 0.276 e. The highest BCUT2D eigenvalue weighted by molar-refractivity contribution is 9.09. The Morgan fingerprint density at radius 1 is 1.67 bits per heavy atom. The predicted molar refractivity (Wildman–Crippen MR) is 52.2 cm³/mol. The second-order valence-corrected chi connectivity index (χ2v) is 3.51. The van der Waals surface area contributed by atoms with E-state index in [1.165, 1.54) is 12.3 Å². The largest absolute Gasteiger partial charge is 0.364 e. The molecule has 0 bridgehead atoms. The summed E-state index contributed by atoms with van der Waals surface area (Å²) >= 11 is 3.09. The van der Waals surface area contributed by atoms with Gasteiger partial charge in [-0.1, -0.05) is 21.1 Å². The first-order valence-electron chi connectivity index (χ1n) is 4.19. The second kappa shape index (κ2) is 5.79. The van der Waals surface area contributed by atoms with Gasteiger partial charge in [-0.2, -0.15) is 0 Å². The number of alkyl halides is 3. The first kappa shape index (κ1) is 12.1. The van der Waals surface area contributed by atoms with Crippen molar-refractivity contribution in [1.82, 2.24) is 10.1 Å². The maximum absolute atomic E-state index is 12.2. The van der Waals surface area contributed by atoms with E-state index in [1.807, 2.05) is 0 Å². The topological polar surface area (TPSA) is 46.3 Å². The van der Waals surface area contributed by atoms with Gasteiger partial charge in [-0.25, -0.2) is 8.78 Å². The minimum Gasteiger partial charge on any atom is -0.364 e. The summed E-state index contributed by atoms with van der Waals surface area (Å²) in [6, 6.07) is 1.34. The van der Waals surface area contributed by atoms with Crippen molar-refractivity contribution in [1.29, 1.82) is 0 Å². The molecule has 0 saturated carbocycles. The minimum absolute atomic E-state index is 0.0385. The number of carbonyl (C=O) groups excluding carboxylic acids is 1. The molecule has 1 amide bonds. The van der Waals surface area contributed by atoms with Crippen LogP contribution in [-0.2, 0) is 0 Å². The minimum atomic E-state index is -2.56. The number of rotatable bonds is 5. The lowest BCUT2D eigenvalue weighted by Crippen LogP contribution is -2.36. The molecule has 0 atom stereocenters. The normalized spacial score (nSPS) is 10.7. The molecule has 0 N–H and O–H groups in total. The highest BCUT2D eigenvalue weighted by atomic mass is 79.9. The number of halogens is 3. The summed E-state index contributed by atoms with van der Waals surface area (Å²) in [6.45, 7) is -0.396. The zero-order valence-corrected chi connectivity index (χ0v) is 9.28. The van der Waals surface area contributed by atoms with E-state index in [-0.39, 0.29) is 12.2 Å². The average molecular weight is 283 g/mol. The number of hydrogen-bond acceptors (Lipinski definition) is 3. The van der Waals surface area contributed by atoms with Crippen molar-refractivity contribution in [2.45, 2.75) is 6.43 Å². The highest BCUT2D eigenvalue weighted by Gasteiger charge is 2.20. The van der Waals surface area contributed by atoms with E-state index in [0.717, 1.165) is 4.90 Å². The lowest BCUT2D eigenvalue weighted by molar-refractivity contribution is 0.0563. The van der Waals surface area contributed by atoms with Crippen LogP contribution in [0, 0.1) is 0 Å². The first-order valence-corrected chi connectivity index (χ1v) is 5.31. The molecule has 0 aromatic carbocycles. The molecular weight excluding hydrogens is 274 g/mol. The lowest BCUT2D eigenvalue weighted by atomic mass is 10.3. The van der Waals surface area contributed by atoms with Crippen molar-refractivity contribution in [3.8, 4) is 0 Å². The number of nitrogens with zero attached hydrogens (tertiary/aromatic N) is 2. The molecule has 0 aliphatic heterocycles. The Hall–Kier alpha value is -0.980. The van der Waals surface area contributed by atoms with Gasteiger partial charge in [0, 0.05) is 17.9 Å². The standard InChI is InChI=1S/C8H9BrF2N2O2/c9-2-3-13(5-7(10)11)8(14)6-1-4-15-12-6/h1,4,7H,2-3,5H2. The molecule has 84 valence electrons. The first-order chi connectivity index (χ1) is 7.15. The third-order valence-corrected chi connectivity index (χ3v) is 2.01. The molecule has 0 fully saturated rings. The van der Waals surface area contributed by atoms with Crippen LogP contribution in [0.25, 0.3) is 0 Å². The fraction of sp³-hybridized carbons (Fsp3) is 0.500. The van der Waals surface area contributed by atoms with Gasteiger partial charge >= 0.3 is 0 Å². The second-order valence-electron chi connectivity index (χ2n) is 2.72. The van der Waals surface area contributed by atoms with E-state index >= 15 is 0 Å². The fourth-order valence-electron chi connectivity index (χ4n) is 1.03. The molecule has 1 rings (SSSR count). The SMILES string of the molecule is O=C(c1ccon1)N(CCBr)CC(F)F. The van der Waals surface area contributed by atoms with Crippen molar-refractivity contribution in [3.63, 3.8) is 0 Å². The lowest BCUT2D eigenvalue weighted by Gasteiger charge is -2.19. The van der Waals surface area contributed by atoms with Crippen LogP contribution < -0.4 is 0 Å². The fourth-order valence-corrected chi connectivity index (χ4v) is 1.46. The van der Waals surface area contributed by atoms with Gasteiger partial charge in [-0.05, 0) is 0 Å². The van der Waals surface area contributed by atoms with Crippen LogP contribution in [0.15, 0.2) is 16.9 Å². The van der Waals surface area contributed by atoms with Gasteiger partial charge in [-0.3, -0.25) is 4.79 Å². The summed E-state index contributed by atoms with van der Waals surface area (Å²) < 4.78 is 28.8. The van der Waals surface area contributed by atoms with Crippen LogP contribution in [-0.4, -0.2) is 40.8 Å². The van der Waals surface area contributed by atoms with Crippen LogP contribution in [0.2, 0.25) is 0 Å². The van der Waals surface area contributed by atoms with E-state index in [1.54, 1.807) is 0 Å². The Labute approximate surface area is 93.3 Å². The van der Waals surface area contributed by atoms with Gasteiger partial charge in [0.05, 0.1) is 6.54 Å². The van der Waals surface area contributed by atoms with E-state index in [0.29, 0.717) is 5.33 Å². The maximum Gasteiger partial charge on any atom is 0.276 e. The molecular formula is C8H9BrF2N2O2. The van der Waals surface area contributed by atoms with Crippen molar-refractivity contribution in [2.75, 3.05) is 18.4 Å². The van der Waals surface area contributed by atoms with Gasteiger partial charge in [0.25, 0.3) is 12.3 Å². The molecule has 0 radical (unpaired) electrons. The van der Waals surface area contributed by atoms with Gasteiger partial charge < -0.3 is 9.42 Å². The molecule has 0 aliphatic carbocycles. The molecule has 1 aromatic rings. The summed E-state index contributed by atoms with van der Waals surface area (Å²) in [5.74, 6) is -0.552. The molecule has 0 unspecified atom stereocenters. The number of carbonyl (C=O) groups is 1. The Kier molecular flexibility index (Phi) is 4.67. The third kappa shape index (κ3) is 3.58. The summed E-state index contributed by atoms with van der Waals surface area (Å²) in [5, 5.41) is 3.83. The van der Waals surface area contributed by atoms with Crippen LogP contribution in [0.1, 0.15) is 10.5 Å². The molecule has 1 heterocycles. The summed E-state index contributed by atoms with van der Waals surface area (Å²) in [5.41, 5.74) is 0.0385. The van der Waals surface area contributed by atoms with Crippen molar-refractivity contribution in [3.05, 3.63) is 18.0 Å². The molecule has 1 aromatic heterocycles. The molecule has 4 nitrogen and oxygen atoms in total. The Bertz CT molecular complexity index is 306. The summed E-state index contributed by atoms with van der Waals surface area (Å²) in [7, 11) is 0. The Morgan fingerprint density at radius 3 is 2.87 bits per heavy atom. The zero-order valence-electron chi connectivity index (χ0n) is 7.70. The van der Waals surface area contributed by atoms with Crippen LogP contribution in [0.3, 0.4) is 0 Å². The van der Waals surface area contributed by atoms with Gasteiger partial charge in [0.1, 0.15) is 6.26 Å². The van der Waals surface area contributed by atoms with Crippen molar-refractivity contribution in [2.24, 2.45) is 0 Å². The summed E-state index contributed by atoms with van der Waals surface area (Å²) in [6.07, 6.45) is -1.33. The van der Waals surface area contributed by atoms with Gasteiger partial charge in [-0.15, -0.1) is 0 Å². The van der Waals surface area contributed by atoms with E-state index in [4.69, 9.17) is 0 Å². The molecule has 0 saturated heterocycles. The zero-order chi connectivity index (χ0) is 11.3. The van der Waals surface area contributed by atoms with E-state index < -0.39 is 18.9 Å². The van der Waals surface area contributed by atoms with Crippen LogP contribution in [0.4, 0.5) is 8.78 Å². The number of aromatic nitrogens is 1. The molecule has 15 heavy (non-hydrogen) atoms. The van der Waals surface area contributed by atoms with E-state index in [9.17, 15) is 13.6 Å². The van der Waals surface area contributed by atoms with Crippen molar-refractivity contribution >= 4 is 21.8 Å². The van der Waals surface area contributed by atoms with Crippen molar-refractivity contribution < 1.29 is 18.1 Å². The average Bonchev–Trinajstić information content (AvgIpc) is 2.68. The molecule has 0 spiro atoms. The summed E-state index contributed by atoms with van der Waals surface area (Å²) in [4.78, 5) is 12.6. The number of amides is 1. The molecule has 0 aliphatic rings. The van der Waals surface area contributed by atoms with Crippen LogP contribution >= 0.6 is 15.9 Å². The third-order valence-electron chi connectivity index (χ3n) is 1.66. The number of hydrogen-bond donors (Lipinski definition) is 0. The van der Waals surface area contributed by atoms with E-state index in [2.05, 4.69) is 25.6 Å². The van der Waals surface area contributed by atoms with Gasteiger partial charge in [0.2, 0.25) is 0 Å². The molecule has 7 heteroatoms. The maximum atomic E-state index is 12.2. The Balaban J connectivity index is 2.67. The predicted octanol–water partition coefficient (Wildman–Crippen LogP) is 1.78. The monoisotopic (exact) mass is 282 g/mol. The van der Waals surface area contributed by atoms with Gasteiger partial charge in [0.15, 0.2) is 5.69 Å². The Morgan fingerprint density at radius 2 is 2.40 bits per heavy atom. The van der Waals surface area contributed by atoms with Crippen LogP contribution in [0.5, 0.6) is 0 Å².